The molecule has 1 heterocycles. The van der Waals surface area contributed by atoms with Crippen molar-refractivity contribution in [3.05, 3.63) is 46.8 Å². The number of ether oxygens (including phenoxy) is 2. The largest absolute Gasteiger partial charge is 0.537 e. The van der Waals surface area contributed by atoms with Gasteiger partial charge in [0.05, 0.1) is 0 Å². The van der Waals surface area contributed by atoms with Gasteiger partial charge in [0, 0.05) is 0 Å². The number of nitrogens with zero attached hydrogens (tertiary/aromatic N) is 1. The highest BCUT2D eigenvalue weighted by Crippen LogP contribution is 2.24. The van der Waals surface area contributed by atoms with Crippen LogP contribution in [0.4, 0.5) is 14.6 Å². The van der Waals surface area contributed by atoms with Crippen LogP contribution in [-0.2, 0) is 9.47 Å². The molecule has 1 unspecified atom stereocenters. The predicted molar refractivity (Wildman–Crippen MR) is 80.8 cm³/mol. The highest BCUT2D eigenvalue weighted by atomic mass is 79.9. The van der Waals surface area contributed by atoms with E-state index in [0.717, 1.165) is 5.56 Å². The van der Waals surface area contributed by atoms with Crippen molar-refractivity contribution < 1.29 is 18.3 Å². The Balaban J connectivity index is 2.61. The van der Waals surface area contributed by atoms with Gasteiger partial charge in [-0.1, -0.05) is 18.7 Å². The monoisotopic (exact) mass is 362 g/mol. The number of pyridine rings is 1. The first kappa shape index (κ1) is 17.6. The first-order chi connectivity index (χ1) is 9.73. The summed E-state index contributed by atoms with van der Waals surface area (Å²) in [4.78, 5) is 4.14. The zero-order valence-electron chi connectivity index (χ0n) is 12.0. The Labute approximate surface area is 131 Å². The maximum absolute atomic E-state index is 13.5. The van der Waals surface area contributed by atoms with Gasteiger partial charge in [0.15, 0.2) is 0 Å². The zero-order chi connectivity index (χ0) is 16.0. The Kier molecular flexibility index (Phi) is 6.29. The molecule has 0 aliphatic heterocycles. The molecule has 1 rings (SSSR count). The van der Waals surface area contributed by atoms with E-state index < -0.39 is 12.5 Å². The van der Waals surface area contributed by atoms with E-state index in [1.54, 1.807) is 19.1 Å². The van der Waals surface area contributed by atoms with E-state index in [4.69, 9.17) is 0 Å². The second-order valence-corrected chi connectivity index (χ2v) is 4.99. The molecular weight excluding hydrogens is 346 g/mol. The Morgan fingerprint density at radius 3 is 2.76 bits per heavy atom. The first-order valence-corrected chi connectivity index (χ1v) is 6.98. The Hall–Kier alpha value is -1.47. The maximum Gasteiger partial charge on any atom is 0.537 e. The molecular formula is C14H17BrF2N2O2. The Morgan fingerprint density at radius 1 is 1.52 bits per heavy atom. The minimum absolute atomic E-state index is 0.189. The molecule has 0 saturated carbocycles. The van der Waals surface area contributed by atoms with Crippen LogP contribution in [0.25, 0.3) is 0 Å². The number of halogens is 3. The molecule has 116 valence electrons. The fourth-order valence-electron chi connectivity index (χ4n) is 1.42. The average Bonchev–Trinajstić information content (AvgIpc) is 2.32. The van der Waals surface area contributed by atoms with E-state index in [-0.39, 0.29) is 5.76 Å². The second-order valence-electron chi connectivity index (χ2n) is 4.24. The van der Waals surface area contributed by atoms with Crippen LogP contribution < -0.4 is 5.32 Å². The van der Waals surface area contributed by atoms with Crippen molar-refractivity contribution in [1.82, 2.24) is 4.98 Å². The number of allylic oxidation sites excluding steroid dienone is 2. The van der Waals surface area contributed by atoms with E-state index in [2.05, 4.69) is 42.3 Å². The molecule has 1 aromatic rings. The van der Waals surface area contributed by atoms with Gasteiger partial charge in [0.2, 0.25) is 0 Å². The van der Waals surface area contributed by atoms with E-state index in [9.17, 15) is 8.78 Å². The van der Waals surface area contributed by atoms with Crippen molar-refractivity contribution in [2.45, 2.75) is 33.3 Å². The van der Waals surface area contributed by atoms with Crippen LogP contribution in [0.15, 0.2) is 41.2 Å². The molecule has 1 atom stereocenters. The molecule has 0 aliphatic carbocycles. The average molecular weight is 363 g/mol. The number of aryl methyl sites for hydroxylation is 1. The van der Waals surface area contributed by atoms with Gasteiger partial charge in [-0.2, -0.15) is 0 Å². The predicted octanol–water partition coefficient (Wildman–Crippen LogP) is 4.58. The molecule has 0 spiro atoms. The van der Waals surface area contributed by atoms with E-state index in [1.807, 2.05) is 6.92 Å². The van der Waals surface area contributed by atoms with Crippen molar-refractivity contribution in [3.63, 3.8) is 0 Å². The van der Waals surface area contributed by atoms with Gasteiger partial charge in [0.25, 0.3) is 0 Å². The summed E-state index contributed by atoms with van der Waals surface area (Å²) in [6, 6.07) is 3.46. The van der Waals surface area contributed by atoms with Gasteiger partial charge in [-0.25, -0.2) is 4.98 Å². The van der Waals surface area contributed by atoms with Crippen LogP contribution in [0, 0.1) is 6.92 Å². The molecule has 0 bridgehead atoms. The molecule has 1 aromatic heterocycles. The van der Waals surface area contributed by atoms with Gasteiger partial charge in [-0.15, -0.1) is 8.78 Å². The summed E-state index contributed by atoms with van der Waals surface area (Å²) in [5.41, 5.74) is 0.936. The summed E-state index contributed by atoms with van der Waals surface area (Å²) in [5.74, 6) is 0.217. The van der Waals surface area contributed by atoms with Gasteiger partial charge in [-0.3, -0.25) is 4.74 Å². The summed E-state index contributed by atoms with van der Waals surface area (Å²) >= 11 is 3.26. The minimum Gasteiger partial charge on any atom is -0.410 e. The summed E-state index contributed by atoms with van der Waals surface area (Å²) in [6.45, 7) is 8.29. The summed E-state index contributed by atoms with van der Waals surface area (Å²) < 4.78 is 36.4. The molecule has 4 nitrogen and oxygen atoms in total. The molecule has 0 radical (unpaired) electrons. The first-order valence-electron chi connectivity index (χ1n) is 6.19. The highest BCUT2D eigenvalue weighted by Gasteiger charge is 2.36. The zero-order valence-corrected chi connectivity index (χ0v) is 13.6. The quantitative estimate of drug-likeness (QED) is 0.333. The molecule has 0 saturated heterocycles. The van der Waals surface area contributed by atoms with Gasteiger partial charge >= 0.3 is 6.29 Å². The normalized spacial score (nSPS) is 13.2. The summed E-state index contributed by atoms with van der Waals surface area (Å²) in [5, 5.41) is 2.70. The van der Waals surface area contributed by atoms with Gasteiger partial charge in [-0.05, 0) is 54.4 Å². The van der Waals surface area contributed by atoms with Crippen LogP contribution in [-0.4, -0.2) is 17.5 Å². The number of anilines is 1. The van der Waals surface area contributed by atoms with Crippen LogP contribution in [0.2, 0.25) is 0 Å². The van der Waals surface area contributed by atoms with E-state index in [1.165, 1.54) is 19.1 Å². The van der Waals surface area contributed by atoms with Crippen LogP contribution in [0.5, 0.6) is 0 Å². The van der Waals surface area contributed by atoms with E-state index >= 15 is 0 Å². The SMILES string of the molecule is C=C(/C=C\C)OC(F)(F)OC(C)Nc1ccc(C)c(Br)n1. The molecule has 0 aliphatic rings. The van der Waals surface area contributed by atoms with Gasteiger partial charge < -0.3 is 10.1 Å². The number of rotatable bonds is 7. The van der Waals surface area contributed by atoms with Crippen molar-refractivity contribution >= 4 is 21.7 Å². The molecule has 0 amide bonds. The highest BCUT2D eigenvalue weighted by molar-refractivity contribution is 9.10. The van der Waals surface area contributed by atoms with Crippen LogP contribution >= 0.6 is 15.9 Å². The number of nitrogens with one attached hydrogen (secondary N) is 1. The Bertz CT molecular complexity index is 536. The van der Waals surface area contributed by atoms with Crippen molar-refractivity contribution in [2.75, 3.05) is 5.32 Å². The smallest absolute Gasteiger partial charge is 0.410 e. The fourth-order valence-corrected chi connectivity index (χ4v) is 1.75. The topological polar surface area (TPSA) is 43.4 Å². The number of hydrogen-bond acceptors (Lipinski definition) is 4. The fraction of sp³-hybridized carbons (Fsp3) is 0.357. The summed E-state index contributed by atoms with van der Waals surface area (Å²) in [7, 11) is 0. The lowest BCUT2D eigenvalue weighted by molar-refractivity contribution is -0.386. The van der Waals surface area contributed by atoms with Gasteiger partial charge in [0.1, 0.15) is 22.4 Å². The number of aromatic nitrogens is 1. The van der Waals surface area contributed by atoms with Crippen molar-refractivity contribution in [3.8, 4) is 0 Å². The van der Waals surface area contributed by atoms with Crippen molar-refractivity contribution in [1.29, 1.82) is 0 Å². The number of alkyl halides is 2. The third-order valence-electron chi connectivity index (χ3n) is 2.30. The molecule has 1 N–H and O–H groups in total. The van der Waals surface area contributed by atoms with Crippen LogP contribution in [0.1, 0.15) is 19.4 Å². The maximum atomic E-state index is 13.5. The lowest BCUT2D eigenvalue weighted by Gasteiger charge is -2.22. The number of hydrogen-bond donors (Lipinski definition) is 1. The third kappa shape index (κ3) is 6.22. The second kappa shape index (κ2) is 7.51. The minimum atomic E-state index is -3.79. The Morgan fingerprint density at radius 2 is 2.19 bits per heavy atom. The van der Waals surface area contributed by atoms with Crippen LogP contribution in [0.3, 0.4) is 0 Å². The molecule has 21 heavy (non-hydrogen) atoms. The van der Waals surface area contributed by atoms with Crippen molar-refractivity contribution in [2.24, 2.45) is 0 Å². The molecule has 0 aromatic carbocycles. The van der Waals surface area contributed by atoms with E-state index in [0.29, 0.717) is 10.4 Å². The lowest BCUT2D eigenvalue weighted by Crippen LogP contribution is -2.33. The molecule has 0 fully saturated rings. The molecule has 7 heteroatoms. The lowest BCUT2D eigenvalue weighted by atomic mass is 10.3. The summed E-state index contributed by atoms with van der Waals surface area (Å²) in [6.07, 6.45) is -1.95. The third-order valence-corrected chi connectivity index (χ3v) is 3.11. The standard InChI is InChI=1S/C14H17BrF2N2O2/c1-5-6-10(3)20-14(16,17)21-11(4)18-12-8-7-9(2)13(15)19-12/h5-8,11H,3H2,1-2,4H3,(H,18,19)/b6-5-.